The molecule has 5 nitrogen and oxygen atoms in total. The summed E-state index contributed by atoms with van der Waals surface area (Å²) in [6.45, 7) is 2.35. The molecule has 1 amide bonds. The maximum atomic E-state index is 12.6. The van der Waals surface area contributed by atoms with Crippen LogP contribution in [0, 0.1) is 17.2 Å². The molecule has 1 fully saturated rings. The zero-order chi connectivity index (χ0) is 15.9. The molecule has 1 saturated carbocycles. The second kappa shape index (κ2) is 5.40. The molecule has 0 aromatic heterocycles. The average Bonchev–Trinajstić information content (AvgIpc) is 3.19. The molecule has 22 heavy (non-hydrogen) atoms. The predicted molar refractivity (Wildman–Crippen MR) is 82.1 cm³/mol. The molecule has 1 heterocycles. The molecular formula is C16H15BrN2O3. The Morgan fingerprint density at radius 1 is 1.59 bits per heavy atom. The van der Waals surface area contributed by atoms with Crippen molar-refractivity contribution in [3.05, 3.63) is 33.8 Å². The molecule has 2 aliphatic rings. The van der Waals surface area contributed by atoms with Crippen LogP contribution in [0.2, 0.25) is 0 Å². The van der Waals surface area contributed by atoms with Gasteiger partial charge in [0.05, 0.1) is 18.6 Å². The van der Waals surface area contributed by atoms with E-state index in [4.69, 9.17) is 4.74 Å². The second-order valence-corrected chi connectivity index (χ2v) is 6.61. The molecule has 2 atom stereocenters. The third kappa shape index (κ3) is 2.30. The average molecular weight is 363 g/mol. The van der Waals surface area contributed by atoms with Gasteiger partial charge in [0.15, 0.2) is 0 Å². The molecule has 1 aromatic carbocycles. The van der Waals surface area contributed by atoms with Gasteiger partial charge in [-0.2, -0.15) is 5.26 Å². The van der Waals surface area contributed by atoms with Gasteiger partial charge >= 0.3 is 5.97 Å². The van der Waals surface area contributed by atoms with Gasteiger partial charge in [0.1, 0.15) is 6.54 Å². The molecule has 0 radical (unpaired) electrons. The van der Waals surface area contributed by atoms with E-state index in [1.807, 2.05) is 12.1 Å². The Kier molecular flexibility index (Phi) is 3.69. The van der Waals surface area contributed by atoms with E-state index in [0.29, 0.717) is 12.1 Å². The van der Waals surface area contributed by atoms with Crippen molar-refractivity contribution in [2.45, 2.75) is 18.8 Å². The summed E-state index contributed by atoms with van der Waals surface area (Å²) in [4.78, 5) is 25.8. The molecule has 1 aromatic rings. The van der Waals surface area contributed by atoms with Crippen molar-refractivity contribution in [2.75, 3.05) is 19.7 Å². The van der Waals surface area contributed by atoms with Crippen molar-refractivity contribution >= 4 is 27.8 Å². The Balaban J connectivity index is 1.96. The highest BCUT2D eigenvalue weighted by Crippen LogP contribution is 2.57. The van der Waals surface area contributed by atoms with E-state index < -0.39 is 5.97 Å². The van der Waals surface area contributed by atoms with Gasteiger partial charge in [-0.05, 0) is 37.1 Å². The van der Waals surface area contributed by atoms with Crippen molar-refractivity contribution < 1.29 is 14.3 Å². The topological polar surface area (TPSA) is 70.4 Å². The Labute approximate surface area is 137 Å². The quantitative estimate of drug-likeness (QED) is 0.773. The summed E-state index contributed by atoms with van der Waals surface area (Å²) in [5.74, 6) is -0.705. The standard InChI is InChI=1S/C16H15BrN2O3/c1-2-22-14(20)8-19-9-16(6-10(16)7-18)13-5-11(17)3-4-12(13)15(19)21/h3-5,10H,2,6,8-9H2,1H3/t10?,16-/m1/s1. The smallest absolute Gasteiger partial charge is 0.325 e. The minimum Gasteiger partial charge on any atom is -0.465 e. The molecule has 1 aliphatic heterocycles. The van der Waals surface area contributed by atoms with E-state index in [0.717, 1.165) is 16.5 Å². The maximum Gasteiger partial charge on any atom is 0.325 e. The van der Waals surface area contributed by atoms with Crippen molar-refractivity contribution in [2.24, 2.45) is 5.92 Å². The van der Waals surface area contributed by atoms with Gasteiger partial charge in [0.2, 0.25) is 0 Å². The first-order valence-corrected chi connectivity index (χ1v) is 7.95. The van der Waals surface area contributed by atoms with Crippen molar-refractivity contribution in [3.8, 4) is 6.07 Å². The van der Waals surface area contributed by atoms with E-state index in [9.17, 15) is 14.9 Å². The van der Waals surface area contributed by atoms with Crippen LogP contribution in [0.3, 0.4) is 0 Å². The normalized spacial score (nSPS) is 25.6. The lowest BCUT2D eigenvalue weighted by molar-refractivity contribution is -0.144. The van der Waals surface area contributed by atoms with Gasteiger partial charge in [0, 0.05) is 22.0 Å². The van der Waals surface area contributed by atoms with Crippen LogP contribution in [0.25, 0.3) is 0 Å². The Bertz CT molecular complexity index is 697. The molecule has 3 rings (SSSR count). The summed E-state index contributed by atoms with van der Waals surface area (Å²) in [5, 5.41) is 9.28. The monoisotopic (exact) mass is 362 g/mol. The van der Waals surface area contributed by atoms with E-state index in [1.54, 1.807) is 13.0 Å². The van der Waals surface area contributed by atoms with Crippen LogP contribution in [0.15, 0.2) is 22.7 Å². The fourth-order valence-corrected chi connectivity index (χ4v) is 3.58. The van der Waals surface area contributed by atoms with Crippen LogP contribution in [-0.4, -0.2) is 36.5 Å². The van der Waals surface area contributed by atoms with Gasteiger partial charge in [-0.1, -0.05) is 15.9 Å². The van der Waals surface area contributed by atoms with Crippen molar-refractivity contribution in [1.29, 1.82) is 5.26 Å². The summed E-state index contributed by atoms with van der Waals surface area (Å²) in [6.07, 6.45) is 0.722. The van der Waals surface area contributed by atoms with Crippen LogP contribution in [0.4, 0.5) is 0 Å². The molecule has 0 N–H and O–H groups in total. The molecule has 1 aliphatic carbocycles. The Morgan fingerprint density at radius 2 is 2.36 bits per heavy atom. The third-order valence-corrected chi connectivity index (χ3v) is 4.86. The SMILES string of the molecule is CCOC(=O)CN1C[C@@]2(CC2C#N)c2cc(Br)ccc2C1=O. The second-order valence-electron chi connectivity index (χ2n) is 5.70. The highest BCUT2D eigenvalue weighted by molar-refractivity contribution is 9.10. The number of hydrogen-bond acceptors (Lipinski definition) is 4. The minimum atomic E-state index is -0.416. The van der Waals surface area contributed by atoms with Crippen molar-refractivity contribution in [1.82, 2.24) is 4.90 Å². The fourth-order valence-electron chi connectivity index (χ4n) is 3.22. The molecule has 114 valence electrons. The zero-order valence-corrected chi connectivity index (χ0v) is 13.7. The lowest BCUT2D eigenvalue weighted by Gasteiger charge is -2.34. The first-order valence-electron chi connectivity index (χ1n) is 7.16. The summed E-state index contributed by atoms with van der Waals surface area (Å²) < 4.78 is 5.83. The van der Waals surface area contributed by atoms with Gasteiger partial charge in [-0.3, -0.25) is 9.59 Å². The number of ether oxygens (including phenoxy) is 1. The minimum absolute atomic E-state index is 0.0674. The Hall–Kier alpha value is -1.87. The number of benzene rings is 1. The molecule has 1 spiro atoms. The largest absolute Gasteiger partial charge is 0.465 e. The summed E-state index contributed by atoms with van der Waals surface area (Å²) >= 11 is 3.43. The van der Waals surface area contributed by atoms with Crippen LogP contribution < -0.4 is 0 Å². The molecule has 6 heteroatoms. The zero-order valence-electron chi connectivity index (χ0n) is 12.1. The van der Waals surface area contributed by atoms with Gasteiger partial charge in [-0.15, -0.1) is 0 Å². The number of rotatable bonds is 3. The van der Waals surface area contributed by atoms with Gasteiger partial charge < -0.3 is 9.64 Å². The lowest BCUT2D eigenvalue weighted by Crippen LogP contribution is -2.46. The lowest BCUT2D eigenvalue weighted by atomic mass is 9.85. The molecular weight excluding hydrogens is 348 g/mol. The Morgan fingerprint density at radius 3 is 3.00 bits per heavy atom. The molecule has 1 unspecified atom stereocenters. The predicted octanol–water partition coefficient (Wildman–Crippen LogP) is 2.25. The number of halogens is 1. The number of carbonyl (C=O) groups is 2. The van der Waals surface area contributed by atoms with E-state index in [1.165, 1.54) is 4.90 Å². The number of nitrogens with zero attached hydrogens (tertiary/aromatic N) is 2. The molecule has 0 bridgehead atoms. The maximum absolute atomic E-state index is 12.6. The van der Waals surface area contributed by atoms with Gasteiger partial charge in [-0.25, -0.2) is 0 Å². The van der Waals surface area contributed by atoms with Crippen LogP contribution >= 0.6 is 15.9 Å². The first-order chi connectivity index (χ1) is 10.5. The van der Waals surface area contributed by atoms with Crippen LogP contribution in [0.5, 0.6) is 0 Å². The molecule has 0 saturated heterocycles. The highest BCUT2D eigenvalue weighted by Gasteiger charge is 2.60. The van der Waals surface area contributed by atoms with E-state index in [2.05, 4.69) is 22.0 Å². The number of fused-ring (bicyclic) bond motifs is 2. The fraction of sp³-hybridized carbons (Fsp3) is 0.438. The number of esters is 1. The summed E-state index contributed by atoms with van der Waals surface area (Å²) in [5.41, 5.74) is 1.16. The third-order valence-electron chi connectivity index (χ3n) is 4.37. The summed E-state index contributed by atoms with van der Waals surface area (Å²) in [7, 11) is 0. The summed E-state index contributed by atoms with van der Waals surface area (Å²) in [6, 6.07) is 7.79. The number of hydrogen-bond donors (Lipinski definition) is 0. The first kappa shape index (κ1) is 15.0. The van der Waals surface area contributed by atoms with E-state index in [-0.39, 0.29) is 30.4 Å². The van der Waals surface area contributed by atoms with Crippen molar-refractivity contribution in [3.63, 3.8) is 0 Å². The van der Waals surface area contributed by atoms with Crippen LogP contribution in [0.1, 0.15) is 29.3 Å². The van der Waals surface area contributed by atoms with Gasteiger partial charge in [0.25, 0.3) is 5.91 Å². The van der Waals surface area contributed by atoms with E-state index >= 15 is 0 Å². The van der Waals surface area contributed by atoms with Crippen LogP contribution in [-0.2, 0) is 14.9 Å². The number of carbonyl (C=O) groups excluding carboxylic acids is 2. The highest BCUT2D eigenvalue weighted by atomic mass is 79.9. The number of amides is 1. The number of nitriles is 1.